The van der Waals surface area contributed by atoms with Crippen LogP contribution in [-0.4, -0.2) is 11.5 Å². The number of hydrogen-bond donors (Lipinski definition) is 0. The van der Waals surface area contributed by atoms with Gasteiger partial charge in [-0.25, -0.2) is 4.79 Å². The maximum atomic E-state index is 11.2. The predicted octanol–water partition coefficient (Wildman–Crippen LogP) is 9.55. The minimum absolute atomic E-state index is 0.0126. The molecule has 0 N–H and O–H groups in total. The average Bonchev–Trinajstić information content (AvgIpc) is 3.09. The number of ether oxygens (including phenoxy) is 1. The van der Waals surface area contributed by atoms with Crippen LogP contribution >= 0.6 is 11.6 Å². The highest BCUT2D eigenvalue weighted by Gasteiger charge is 2.58. The molecular weight excluding hydrogens is 416 g/mol. The molecule has 0 bridgehead atoms. The Morgan fingerprint density at radius 3 is 2.53 bits per heavy atom. The van der Waals surface area contributed by atoms with E-state index in [1.54, 1.807) is 5.57 Å². The highest BCUT2D eigenvalue weighted by Crippen LogP contribution is 2.66. The van der Waals surface area contributed by atoms with Gasteiger partial charge in [-0.2, -0.15) is 0 Å². The Morgan fingerprint density at radius 1 is 1.09 bits per heavy atom. The van der Waals surface area contributed by atoms with Gasteiger partial charge in [0.25, 0.3) is 0 Å². The molecule has 0 heterocycles. The van der Waals surface area contributed by atoms with Crippen molar-refractivity contribution in [2.75, 3.05) is 0 Å². The van der Waals surface area contributed by atoms with Crippen LogP contribution in [0, 0.1) is 40.4 Å². The quantitative estimate of drug-likeness (QED) is 0.222. The summed E-state index contributed by atoms with van der Waals surface area (Å²) >= 11 is 5.50. The standard InChI is InChI=1S/C27H43ClO2.C2H6/c1-18(2)7-5-6-8-19-10-12-23-22-11-9-20-17-21(30-25(28)29)13-15-27(20,4)24(22)14-16-26(19,23)3;1-2/h9,18-19,21-24H,5-8,10-17H2,1-4H3;1-2H3. The molecule has 3 heteroatoms. The minimum Gasteiger partial charge on any atom is -0.450 e. The zero-order valence-corrected chi connectivity index (χ0v) is 22.5. The fourth-order valence-corrected chi connectivity index (χ4v) is 8.51. The van der Waals surface area contributed by atoms with Crippen molar-refractivity contribution in [3.8, 4) is 0 Å². The van der Waals surface area contributed by atoms with E-state index in [1.807, 2.05) is 13.8 Å². The molecule has 0 aromatic carbocycles. The van der Waals surface area contributed by atoms with E-state index < -0.39 is 5.43 Å². The van der Waals surface area contributed by atoms with Crippen LogP contribution in [0.15, 0.2) is 11.6 Å². The molecule has 3 saturated carbocycles. The fourth-order valence-electron chi connectivity index (χ4n) is 8.39. The van der Waals surface area contributed by atoms with E-state index >= 15 is 0 Å². The van der Waals surface area contributed by atoms with Crippen LogP contribution in [0.5, 0.6) is 0 Å². The number of fused-ring (bicyclic) bond motifs is 5. The lowest BCUT2D eigenvalue weighted by Gasteiger charge is -2.58. The lowest BCUT2D eigenvalue weighted by atomic mass is 9.47. The van der Waals surface area contributed by atoms with Gasteiger partial charge in [-0.05, 0) is 91.8 Å². The van der Waals surface area contributed by atoms with Gasteiger partial charge in [-0.15, -0.1) is 0 Å². The van der Waals surface area contributed by atoms with Crippen LogP contribution in [0.4, 0.5) is 4.79 Å². The van der Waals surface area contributed by atoms with Gasteiger partial charge in [0.05, 0.1) is 0 Å². The second-order valence-electron chi connectivity index (χ2n) is 12.0. The fraction of sp³-hybridized carbons (Fsp3) is 0.897. The van der Waals surface area contributed by atoms with Gasteiger partial charge in [0.1, 0.15) is 6.10 Å². The molecular formula is C29H49ClO2. The first-order chi connectivity index (χ1) is 15.2. The molecule has 32 heavy (non-hydrogen) atoms. The molecule has 0 aromatic rings. The van der Waals surface area contributed by atoms with Crippen LogP contribution < -0.4 is 0 Å². The van der Waals surface area contributed by atoms with E-state index in [4.69, 9.17) is 16.3 Å². The Labute approximate surface area is 203 Å². The summed E-state index contributed by atoms with van der Waals surface area (Å²) in [6.07, 6.45) is 18.3. The summed E-state index contributed by atoms with van der Waals surface area (Å²) in [5.74, 6) is 4.40. The number of carbonyl (C=O) groups excluding carboxylic acids is 1. The number of halogens is 1. The van der Waals surface area contributed by atoms with Crippen LogP contribution in [0.2, 0.25) is 0 Å². The lowest BCUT2D eigenvalue weighted by Crippen LogP contribution is -2.50. The van der Waals surface area contributed by atoms with Crippen molar-refractivity contribution in [1.82, 2.24) is 0 Å². The molecule has 4 aliphatic carbocycles. The summed E-state index contributed by atoms with van der Waals surface area (Å²) in [7, 11) is 0. The zero-order chi connectivity index (χ0) is 23.5. The minimum atomic E-state index is -0.642. The van der Waals surface area contributed by atoms with E-state index in [0.29, 0.717) is 10.8 Å². The molecule has 4 aliphatic rings. The van der Waals surface area contributed by atoms with Crippen molar-refractivity contribution in [3.63, 3.8) is 0 Å². The second kappa shape index (κ2) is 10.8. The Morgan fingerprint density at radius 2 is 1.84 bits per heavy atom. The highest BCUT2D eigenvalue weighted by molar-refractivity contribution is 6.61. The van der Waals surface area contributed by atoms with Crippen molar-refractivity contribution in [3.05, 3.63) is 11.6 Å². The first-order valence-corrected chi connectivity index (χ1v) is 14.2. The third-order valence-electron chi connectivity index (χ3n) is 10.1. The number of unbranched alkanes of at least 4 members (excludes halogenated alkanes) is 1. The van der Waals surface area contributed by atoms with Crippen LogP contribution in [0.1, 0.15) is 119 Å². The van der Waals surface area contributed by atoms with Gasteiger partial charge in [-0.3, -0.25) is 0 Å². The van der Waals surface area contributed by atoms with Gasteiger partial charge in [-0.1, -0.05) is 72.5 Å². The van der Waals surface area contributed by atoms with Crippen molar-refractivity contribution in [2.45, 2.75) is 125 Å². The third kappa shape index (κ3) is 5.11. The van der Waals surface area contributed by atoms with E-state index in [1.165, 1.54) is 57.8 Å². The van der Waals surface area contributed by atoms with Gasteiger partial charge >= 0.3 is 5.43 Å². The van der Waals surface area contributed by atoms with E-state index in [9.17, 15) is 4.79 Å². The first-order valence-electron chi connectivity index (χ1n) is 13.8. The van der Waals surface area contributed by atoms with Crippen LogP contribution in [0.25, 0.3) is 0 Å². The molecule has 2 nitrogen and oxygen atoms in total. The number of allylic oxidation sites excluding steroid dienone is 1. The molecule has 0 aromatic heterocycles. The topological polar surface area (TPSA) is 26.3 Å². The monoisotopic (exact) mass is 464 g/mol. The summed E-state index contributed by atoms with van der Waals surface area (Å²) in [5.41, 5.74) is 1.81. The Kier molecular flexibility index (Phi) is 8.84. The predicted molar refractivity (Wildman–Crippen MR) is 136 cm³/mol. The SMILES string of the molecule is CC.CC(C)CCCCC1CCC2C3CC=C4CC(OC(=O)Cl)CCC4(C)C3CCC12C. The maximum Gasteiger partial charge on any atom is 0.404 e. The smallest absolute Gasteiger partial charge is 0.404 e. The molecule has 4 rings (SSSR count). The summed E-state index contributed by atoms with van der Waals surface area (Å²) in [4.78, 5) is 11.2. The average molecular weight is 465 g/mol. The van der Waals surface area contributed by atoms with Crippen molar-refractivity contribution in [2.24, 2.45) is 40.4 Å². The summed E-state index contributed by atoms with van der Waals surface area (Å²) in [5, 5.41) is 0. The van der Waals surface area contributed by atoms with Gasteiger partial charge in [0.2, 0.25) is 0 Å². The Balaban J connectivity index is 0.00000141. The largest absolute Gasteiger partial charge is 0.450 e. The van der Waals surface area contributed by atoms with Crippen LogP contribution in [0.3, 0.4) is 0 Å². The second-order valence-corrected chi connectivity index (χ2v) is 12.3. The number of hydrogen-bond acceptors (Lipinski definition) is 2. The maximum absolute atomic E-state index is 11.2. The first kappa shape index (κ1) is 26.1. The summed E-state index contributed by atoms with van der Waals surface area (Å²) in [6.45, 7) is 13.9. The summed E-state index contributed by atoms with van der Waals surface area (Å²) in [6, 6.07) is 0. The molecule has 3 fully saturated rings. The van der Waals surface area contributed by atoms with Crippen molar-refractivity contribution < 1.29 is 9.53 Å². The lowest BCUT2D eigenvalue weighted by molar-refractivity contribution is -0.0510. The van der Waals surface area contributed by atoms with Gasteiger partial charge in [0.15, 0.2) is 0 Å². The molecule has 0 spiro atoms. The molecule has 0 saturated heterocycles. The molecule has 0 aliphatic heterocycles. The molecule has 7 unspecified atom stereocenters. The Hall–Kier alpha value is -0.500. The van der Waals surface area contributed by atoms with E-state index in [2.05, 4.69) is 33.8 Å². The number of carbonyl (C=O) groups is 1. The molecule has 0 radical (unpaired) electrons. The number of rotatable bonds is 6. The highest BCUT2D eigenvalue weighted by atomic mass is 35.5. The Bertz CT molecular complexity index is 670. The normalized spacial score (nSPS) is 40.4. The van der Waals surface area contributed by atoms with Crippen molar-refractivity contribution >= 4 is 17.0 Å². The molecule has 7 atom stereocenters. The molecule has 0 amide bonds. The third-order valence-corrected chi connectivity index (χ3v) is 10.2. The molecule has 184 valence electrons. The van der Waals surface area contributed by atoms with E-state index in [-0.39, 0.29) is 6.10 Å². The zero-order valence-electron chi connectivity index (χ0n) is 21.7. The van der Waals surface area contributed by atoms with Crippen LogP contribution in [-0.2, 0) is 4.74 Å². The van der Waals surface area contributed by atoms with Crippen molar-refractivity contribution in [1.29, 1.82) is 0 Å². The summed E-state index contributed by atoms with van der Waals surface area (Å²) < 4.78 is 5.37. The van der Waals surface area contributed by atoms with Gasteiger partial charge < -0.3 is 4.74 Å². The van der Waals surface area contributed by atoms with E-state index in [0.717, 1.165) is 48.9 Å². The van der Waals surface area contributed by atoms with Gasteiger partial charge in [0, 0.05) is 18.0 Å².